The molecule has 1 aromatic heterocycles. The number of rotatable bonds is 6. The fraction of sp³-hybridized carbons (Fsp3) is 0.538. The van der Waals surface area contributed by atoms with Crippen LogP contribution in [0.1, 0.15) is 13.8 Å². The van der Waals surface area contributed by atoms with Gasteiger partial charge < -0.3 is 14.8 Å². The number of carbonyl (C=O) groups excluding carboxylic acids is 1. The Labute approximate surface area is 107 Å². The lowest BCUT2D eigenvalue weighted by Crippen LogP contribution is -2.44. The Hall–Kier alpha value is -1.62. The Morgan fingerprint density at radius 3 is 2.83 bits per heavy atom. The summed E-state index contributed by atoms with van der Waals surface area (Å²) in [4.78, 5) is 24.9. The van der Waals surface area contributed by atoms with Crippen LogP contribution in [0.5, 0.6) is 0 Å². The van der Waals surface area contributed by atoms with Crippen LogP contribution < -0.4 is 10.9 Å². The lowest BCUT2D eigenvalue weighted by atomic mass is 10.3. The molecule has 1 N–H and O–H groups in total. The molecule has 1 unspecified atom stereocenters. The molecule has 1 atom stereocenters. The largest absolute Gasteiger partial charge is 0.345 e. The van der Waals surface area contributed by atoms with Gasteiger partial charge in [-0.2, -0.15) is 0 Å². The first kappa shape index (κ1) is 14.4. The van der Waals surface area contributed by atoms with Crippen LogP contribution in [-0.4, -0.2) is 41.6 Å². The predicted molar refractivity (Wildman–Crippen MR) is 71.5 cm³/mol. The van der Waals surface area contributed by atoms with Crippen LogP contribution in [0.3, 0.4) is 0 Å². The SMILES string of the molecule is CCN(C)C(=O)C(C)NCCn1ccccc1=O. The van der Waals surface area contributed by atoms with Crippen molar-refractivity contribution in [3.8, 4) is 0 Å². The average Bonchev–Trinajstić information content (AvgIpc) is 2.39. The van der Waals surface area contributed by atoms with Crippen molar-refractivity contribution in [3.05, 3.63) is 34.7 Å². The summed E-state index contributed by atoms with van der Waals surface area (Å²) in [5.41, 5.74) is -0.0241. The van der Waals surface area contributed by atoms with E-state index in [2.05, 4.69) is 5.32 Å². The number of likely N-dealkylation sites (N-methyl/N-ethyl adjacent to an activating group) is 1. The van der Waals surface area contributed by atoms with Crippen molar-refractivity contribution in [2.75, 3.05) is 20.1 Å². The maximum Gasteiger partial charge on any atom is 0.250 e. The maximum absolute atomic E-state index is 11.8. The molecule has 1 heterocycles. The predicted octanol–water partition coefficient (Wildman–Crippen LogP) is 0.305. The highest BCUT2D eigenvalue weighted by Gasteiger charge is 2.14. The Kier molecular flexibility index (Phi) is 5.58. The Bertz CT molecular complexity index is 442. The van der Waals surface area contributed by atoms with Gasteiger partial charge in [0, 0.05) is 38.9 Å². The van der Waals surface area contributed by atoms with Crippen molar-refractivity contribution < 1.29 is 4.79 Å². The standard InChI is InChI=1S/C13H21N3O2/c1-4-15(3)13(18)11(2)14-8-10-16-9-6-5-7-12(16)17/h5-7,9,11,14H,4,8,10H2,1-3H3. The maximum atomic E-state index is 11.8. The van der Waals surface area contributed by atoms with E-state index in [9.17, 15) is 9.59 Å². The van der Waals surface area contributed by atoms with E-state index in [0.717, 1.165) is 0 Å². The zero-order valence-electron chi connectivity index (χ0n) is 11.2. The van der Waals surface area contributed by atoms with Gasteiger partial charge in [0.1, 0.15) is 0 Å². The first-order chi connectivity index (χ1) is 8.56. The van der Waals surface area contributed by atoms with Crippen LogP contribution in [0.2, 0.25) is 0 Å². The second-order valence-electron chi connectivity index (χ2n) is 4.26. The molecule has 1 rings (SSSR count). The first-order valence-corrected chi connectivity index (χ1v) is 6.20. The number of hydrogen-bond donors (Lipinski definition) is 1. The molecular weight excluding hydrogens is 230 g/mol. The molecule has 0 aliphatic carbocycles. The van der Waals surface area contributed by atoms with Crippen molar-refractivity contribution in [1.29, 1.82) is 0 Å². The molecule has 18 heavy (non-hydrogen) atoms. The smallest absolute Gasteiger partial charge is 0.250 e. The molecule has 0 radical (unpaired) electrons. The number of nitrogens with one attached hydrogen (secondary N) is 1. The van der Waals surface area contributed by atoms with E-state index in [1.54, 1.807) is 28.8 Å². The monoisotopic (exact) mass is 251 g/mol. The van der Waals surface area contributed by atoms with Gasteiger partial charge in [-0.1, -0.05) is 6.07 Å². The van der Waals surface area contributed by atoms with Gasteiger partial charge in [0.05, 0.1) is 6.04 Å². The highest BCUT2D eigenvalue weighted by atomic mass is 16.2. The van der Waals surface area contributed by atoms with Crippen LogP contribution in [0.15, 0.2) is 29.2 Å². The van der Waals surface area contributed by atoms with Gasteiger partial charge >= 0.3 is 0 Å². The second-order valence-corrected chi connectivity index (χ2v) is 4.26. The van der Waals surface area contributed by atoms with E-state index in [-0.39, 0.29) is 17.5 Å². The van der Waals surface area contributed by atoms with Gasteiger partial charge in [0.2, 0.25) is 5.91 Å². The van der Waals surface area contributed by atoms with Crippen molar-refractivity contribution in [3.63, 3.8) is 0 Å². The molecule has 5 nitrogen and oxygen atoms in total. The van der Waals surface area contributed by atoms with E-state index < -0.39 is 0 Å². The Balaban J connectivity index is 2.41. The third kappa shape index (κ3) is 4.00. The lowest BCUT2D eigenvalue weighted by Gasteiger charge is -2.20. The summed E-state index contributed by atoms with van der Waals surface area (Å²) in [5.74, 6) is 0.0675. The molecule has 0 aliphatic rings. The second kappa shape index (κ2) is 6.96. The van der Waals surface area contributed by atoms with Gasteiger partial charge in [-0.15, -0.1) is 0 Å². The molecule has 1 aromatic rings. The minimum absolute atomic E-state index is 0.0241. The quantitative estimate of drug-likeness (QED) is 0.791. The molecule has 100 valence electrons. The Morgan fingerprint density at radius 1 is 1.50 bits per heavy atom. The van der Waals surface area contributed by atoms with Gasteiger partial charge in [0.15, 0.2) is 0 Å². The molecule has 0 bridgehead atoms. The van der Waals surface area contributed by atoms with E-state index in [4.69, 9.17) is 0 Å². The number of aromatic nitrogens is 1. The average molecular weight is 251 g/mol. The zero-order chi connectivity index (χ0) is 13.5. The van der Waals surface area contributed by atoms with Crippen molar-refractivity contribution >= 4 is 5.91 Å². The minimum atomic E-state index is -0.227. The summed E-state index contributed by atoms with van der Waals surface area (Å²) in [5, 5.41) is 3.12. The summed E-state index contributed by atoms with van der Waals surface area (Å²) < 4.78 is 1.62. The molecule has 0 fully saturated rings. The van der Waals surface area contributed by atoms with E-state index in [1.165, 1.54) is 6.07 Å². The number of hydrogen-bond acceptors (Lipinski definition) is 3. The summed E-state index contributed by atoms with van der Waals surface area (Å²) in [6.07, 6.45) is 1.74. The van der Waals surface area contributed by atoms with Gasteiger partial charge in [0.25, 0.3) is 5.56 Å². The molecule has 5 heteroatoms. The molecule has 0 spiro atoms. The molecule has 0 aliphatic heterocycles. The van der Waals surface area contributed by atoms with Crippen LogP contribution >= 0.6 is 0 Å². The first-order valence-electron chi connectivity index (χ1n) is 6.20. The van der Waals surface area contributed by atoms with Crippen LogP contribution in [0, 0.1) is 0 Å². The Morgan fingerprint density at radius 2 is 2.22 bits per heavy atom. The third-order valence-corrected chi connectivity index (χ3v) is 2.92. The van der Waals surface area contributed by atoms with Crippen LogP contribution in [-0.2, 0) is 11.3 Å². The van der Waals surface area contributed by atoms with Gasteiger partial charge in [-0.05, 0) is 19.9 Å². The van der Waals surface area contributed by atoms with Crippen molar-refractivity contribution in [1.82, 2.24) is 14.8 Å². The topological polar surface area (TPSA) is 54.3 Å². The highest BCUT2D eigenvalue weighted by Crippen LogP contribution is 1.91. The van der Waals surface area contributed by atoms with Crippen molar-refractivity contribution in [2.24, 2.45) is 0 Å². The molecule has 0 saturated heterocycles. The van der Waals surface area contributed by atoms with Crippen molar-refractivity contribution in [2.45, 2.75) is 26.4 Å². The normalized spacial score (nSPS) is 12.2. The number of pyridine rings is 1. The third-order valence-electron chi connectivity index (χ3n) is 2.92. The van der Waals surface area contributed by atoms with E-state index >= 15 is 0 Å². The summed E-state index contributed by atoms with van der Waals surface area (Å²) in [7, 11) is 1.78. The molecule has 1 amide bonds. The number of nitrogens with zero attached hydrogens (tertiary/aromatic N) is 2. The minimum Gasteiger partial charge on any atom is -0.345 e. The number of carbonyl (C=O) groups is 1. The van der Waals surface area contributed by atoms with Gasteiger partial charge in [-0.3, -0.25) is 9.59 Å². The summed E-state index contributed by atoms with van der Waals surface area (Å²) in [6, 6.07) is 4.84. The number of amides is 1. The van der Waals surface area contributed by atoms with Crippen LogP contribution in [0.4, 0.5) is 0 Å². The summed E-state index contributed by atoms with van der Waals surface area (Å²) >= 11 is 0. The molecule has 0 saturated carbocycles. The summed E-state index contributed by atoms with van der Waals surface area (Å²) in [6.45, 7) is 5.63. The highest BCUT2D eigenvalue weighted by molar-refractivity contribution is 5.81. The van der Waals surface area contributed by atoms with E-state index in [0.29, 0.717) is 19.6 Å². The molecule has 0 aromatic carbocycles. The van der Waals surface area contributed by atoms with Crippen LogP contribution in [0.25, 0.3) is 0 Å². The zero-order valence-corrected chi connectivity index (χ0v) is 11.2. The van der Waals surface area contributed by atoms with E-state index in [1.807, 2.05) is 19.9 Å². The molecular formula is C13H21N3O2. The van der Waals surface area contributed by atoms with Gasteiger partial charge in [-0.25, -0.2) is 0 Å². The fourth-order valence-electron chi connectivity index (χ4n) is 1.62. The lowest BCUT2D eigenvalue weighted by molar-refractivity contribution is -0.131. The fourth-order valence-corrected chi connectivity index (χ4v) is 1.62.